The van der Waals surface area contributed by atoms with E-state index in [2.05, 4.69) is 15.2 Å². The Hall–Kier alpha value is -1.47. The summed E-state index contributed by atoms with van der Waals surface area (Å²) in [5.41, 5.74) is 0. The van der Waals surface area contributed by atoms with Crippen molar-refractivity contribution in [2.24, 2.45) is 0 Å². The van der Waals surface area contributed by atoms with Crippen molar-refractivity contribution < 1.29 is 14.6 Å². The van der Waals surface area contributed by atoms with Gasteiger partial charge in [-0.3, -0.25) is 9.89 Å². The second kappa shape index (κ2) is 6.63. The van der Waals surface area contributed by atoms with Gasteiger partial charge in [-0.25, -0.2) is 4.98 Å². The van der Waals surface area contributed by atoms with E-state index in [1.807, 2.05) is 6.92 Å². The number of hydrogen-bond donors (Lipinski definition) is 2. The molecule has 0 bridgehead atoms. The summed E-state index contributed by atoms with van der Waals surface area (Å²) < 4.78 is 5.46. The van der Waals surface area contributed by atoms with Gasteiger partial charge in [0.1, 0.15) is 5.82 Å². The van der Waals surface area contributed by atoms with E-state index in [-0.39, 0.29) is 24.4 Å². The fourth-order valence-electron chi connectivity index (χ4n) is 2.14. The zero-order chi connectivity index (χ0) is 13.7. The van der Waals surface area contributed by atoms with Crippen molar-refractivity contribution in [3.63, 3.8) is 0 Å². The van der Waals surface area contributed by atoms with Crippen LogP contribution in [0.3, 0.4) is 0 Å². The van der Waals surface area contributed by atoms with E-state index in [9.17, 15) is 4.79 Å². The lowest BCUT2D eigenvalue weighted by Crippen LogP contribution is -2.41. The number of amides is 1. The van der Waals surface area contributed by atoms with Crippen molar-refractivity contribution in [3.8, 4) is 0 Å². The summed E-state index contributed by atoms with van der Waals surface area (Å²) in [6.07, 6.45) is 2.44. The van der Waals surface area contributed by atoms with Crippen LogP contribution in [-0.4, -0.2) is 63.5 Å². The Balaban J connectivity index is 1.85. The summed E-state index contributed by atoms with van der Waals surface area (Å²) in [5.74, 6) is 0.840. The molecule has 7 nitrogen and oxygen atoms in total. The second-order valence-electron chi connectivity index (χ2n) is 4.55. The van der Waals surface area contributed by atoms with Crippen LogP contribution < -0.4 is 0 Å². The minimum absolute atomic E-state index is 0.0378. The van der Waals surface area contributed by atoms with Gasteiger partial charge in [0.05, 0.1) is 19.3 Å². The molecule has 0 spiro atoms. The SMILES string of the molecule is CCc1nc(C(=O)N2CCC(OCCO)CC2)n[nH]1. The maximum absolute atomic E-state index is 12.1. The van der Waals surface area contributed by atoms with Crippen LogP contribution in [0.2, 0.25) is 0 Å². The van der Waals surface area contributed by atoms with Crippen LogP contribution >= 0.6 is 0 Å². The van der Waals surface area contributed by atoms with Crippen molar-refractivity contribution in [2.45, 2.75) is 32.3 Å². The van der Waals surface area contributed by atoms with E-state index in [1.54, 1.807) is 4.90 Å². The van der Waals surface area contributed by atoms with Crippen LogP contribution in [0.15, 0.2) is 0 Å². The lowest BCUT2D eigenvalue weighted by Gasteiger charge is -2.31. The summed E-state index contributed by atoms with van der Waals surface area (Å²) >= 11 is 0. The van der Waals surface area contributed by atoms with E-state index < -0.39 is 0 Å². The summed E-state index contributed by atoms with van der Waals surface area (Å²) in [7, 11) is 0. The van der Waals surface area contributed by atoms with Crippen LogP contribution in [0.4, 0.5) is 0 Å². The van der Waals surface area contributed by atoms with Crippen LogP contribution in [0.1, 0.15) is 36.2 Å². The number of ether oxygens (including phenoxy) is 1. The molecule has 1 saturated heterocycles. The van der Waals surface area contributed by atoms with Gasteiger partial charge in [0.25, 0.3) is 5.91 Å². The lowest BCUT2D eigenvalue weighted by atomic mass is 10.1. The van der Waals surface area contributed by atoms with Gasteiger partial charge in [-0.05, 0) is 12.8 Å². The first-order chi connectivity index (χ1) is 9.24. The number of likely N-dealkylation sites (tertiary alicyclic amines) is 1. The number of carbonyl (C=O) groups excluding carboxylic acids is 1. The number of rotatable bonds is 5. The minimum atomic E-state index is -0.128. The maximum atomic E-state index is 12.1. The molecule has 0 aliphatic carbocycles. The number of aliphatic hydroxyl groups excluding tert-OH is 1. The van der Waals surface area contributed by atoms with E-state index in [1.165, 1.54) is 0 Å². The monoisotopic (exact) mass is 268 g/mol. The molecule has 2 heterocycles. The molecular formula is C12H20N4O3. The smallest absolute Gasteiger partial charge is 0.293 e. The fraction of sp³-hybridized carbons (Fsp3) is 0.750. The summed E-state index contributed by atoms with van der Waals surface area (Å²) in [6, 6.07) is 0. The molecule has 1 fully saturated rings. The first-order valence-electron chi connectivity index (χ1n) is 6.67. The Morgan fingerprint density at radius 1 is 1.53 bits per heavy atom. The molecule has 0 aromatic carbocycles. The number of carbonyl (C=O) groups is 1. The Morgan fingerprint density at radius 2 is 2.26 bits per heavy atom. The summed E-state index contributed by atoms with van der Waals surface area (Å²) in [5, 5.41) is 15.4. The molecule has 1 amide bonds. The average molecular weight is 268 g/mol. The van der Waals surface area contributed by atoms with E-state index in [4.69, 9.17) is 9.84 Å². The van der Waals surface area contributed by atoms with E-state index in [0.717, 1.165) is 25.1 Å². The Kier molecular flexibility index (Phi) is 4.86. The molecule has 0 unspecified atom stereocenters. The van der Waals surface area contributed by atoms with Gasteiger partial charge in [0.15, 0.2) is 0 Å². The highest BCUT2D eigenvalue weighted by Crippen LogP contribution is 2.15. The third-order valence-electron chi connectivity index (χ3n) is 3.23. The third kappa shape index (κ3) is 3.51. The number of hydrogen-bond acceptors (Lipinski definition) is 5. The molecule has 1 aromatic rings. The van der Waals surface area contributed by atoms with Gasteiger partial charge in [-0.15, -0.1) is 5.10 Å². The zero-order valence-electron chi connectivity index (χ0n) is 11.1. The van der Waals surface area contributed by atoms with Gasteiger partial charge in [0.2, 0.25) is 5.82 Å². The van der Waals surface area contributed by atoms with Gasteiger partial charge in [0, 0.05) is 19.5 Å². The molecule has 19 heavy (non-hydrogen) atoms. The molecule has 7 heteroatoms. The largest absolute Gasteiger partial charge is 0.394 e. The second-order valence-corrected chi connectivity index (χ2v) is 4.55. The van der Waals surface area contributed by atoms with Crippen molar-refractivity contribution in [3.05, 3.63) is 11.6 Å². The highest BCUT2D eigenvalue weighted by Gasteiger charge is 2.26. The first-order valence-corrected chi connectivity index (χ1v) is 6.67. The Morgan fingerprint density at radius 3 is 2.84 bits per heavy atom. The molecular weight excluding hydrogens is 248 g/mol. The molecule has 2 rings (SSSR count). The van der Waals surface area contributed by atoms with Crippen molar-refractivity contribution in [1.82, 2.24) is 20.1 Å². The molecule has 1 aliphatic heterocycles. The van der Waals surface area contributed by atoms with Crippen molar-refractivity contribution in [1.29, 1.82) is 0 Å². The number of aromatic nitrogens is 3. The van der Waals surface area contributed by atoms with Crippen LogP contribution in [0.25, 0.3) is 0 Å². The van der Waals surface area contributed by atoms with Crippen molar-refractivity contribution in [2.75, 3.05) is 26.3 Å². The van der Waals surface area contributed by atoms with E-state index in [0.29, 0.717) is 19.7 Å². The quantitative estimate of drug-likeness (QED) is 0.783. The highest BCUT2D eigenvalue weighted by molar-refractivity contribution is 5.90. The number of nitrogens with one attached hydrogen (secondary N) is 1. The highest BCUT2D eigenvalue weighted by atomic mass is 16.5. The topological polar surface area (TPSA) is 91.3 Å². The van der Waals surface area contributed by atoms with Gasteiger partial charge in [-0.1, -0.05) is 6.92 Å². The number of nitrogens with zero attached hydrogens (tertiary/aromatic N) is 3. The summed E-state index contributed by atoms with van der Waals surface area (Å²) in [6.45, 7) is 3.64. The van der Waals surface area contributed by atoms with Gasteiger partial charge >= 0.3 is 0 Å². The average Bonchev–Trinajstić information content (AvgIpc) is 2.94. The maximum Gasteiger partial charge on any atom is 0.293 e. The van der Waals surface area contributed by atoms with Crippen LogP contribution in [-0.2, 0) is 11.2 Å². The van der Waals surface area contributed by atoms with Crippen LogP contribution in [0, 0.1) is 0 Å². The van der Waals surface area contributed by atoms with Gasteiger partial charge < -0.3 is 14.7 Å². The number of aliphatic hydroxyl groups is 1. The Bertz CT molecular complexity index is 413. The summed E-state index contributed by atoms with van der Waals surface area (Å²) in [4.78, 5) is 18.1. The van der Waals surface area contributed by atoms with Crippen molar-refractivity contribution >= 4 is 5.91 Å². The predicted molar refractivity (Wildman–Crippen MR) is 67.7 cm³/mol. The minimum Gasteiger partial charge on any atom is -0.394 e. The van der Waals surface area contributed by atoms with Crippen LogP contribution in [0.5, 0.6) is 0 Å². The third-order valence-corrected chi connectivity index (χ3v) is 3.23. The molecule has 2 N–H and O–H groups in total. The first kappa shape index (κ1) is 14.0. The predicted octanol–water partition coefficient (Wildman–Crippen LogP) is -0.0194. The molecule has 1 aliphatic rings. The normalized spacial score (nSPS) is 16.8. The zero-order valence-corrected chi connectivity index (χ0v) is 11.1. The fourth-order valence-corrected chi connectivity index (χ4v) is 2.14. The molecule has 0 radical (unpaired) electrons. The Labute approximate surface area is 112 Å². The molecule has 1 aromatic heterocycles. The van der Waals surface area contributed by atoms with Gasteiger partial charge in [-0.2, -0.15) is 0 Å². The molecule has 0 atom stereocenters. The molecule has 106 valence electrons. The number of aromatic amines is 1. The number of piperidine rings is 1. The lowest BCUT2D eigenvalue weighted by molar-refractivity contribution is -0.00575. The number of H-pyrrole nitrogens is 1. The standard InChI is InChI=1S/C12H20N4O3/c1-2-10-13-11(15-14-10)12(18)16-5-3-9(4-6-16)19-8-7-17/h9,17H,2-8H2,1H3,(H,13,14,15). The van der Waals surface area contributed by atoms with E-state index >= 15 is 0 Å². The molecule has 0 saturated carbocycles. The number of aryl methyl sites for hydroxylation is 1.